The van der Waals surface area contributed by atoms with Gasteiger partial charge in [-0.15, -0.1) is 0 Å². The summed E-state index contributed by atoms with van der Waals surface area (Å²) in [5, 5.41) is 2.95. The summed E-state index contributed by atoms with van der Waals surface area (Å²) in [4.78, 5) is 51.0. The SMILES string of the molecule is C[C@H]1[C@@H](NC(=O)CN2C(=O)C(=O)N(C3CCCC3)C2=O)CCC[C@@H]1C. The van der Waals surface area contributed by atoms with Gasteiger partial charge in [-0.2, -0.15) is 0 Å². The molecule has 1 heterocycles. The predicted octanol–water partition coefficient (Wildman–Crippen LogP) is 1.66. The number of nitrogens with zero attached hydrogens (tertiary/aromatic N) is 2. The number of rotatable bonds is 4. The summed E-state index contributed by atoms with van der Waals surface area (Å²) >= 11 is 0. The molecule has 0 spiro atoms. The molecule has 0 bridgehead atoms. The van der Waals surface area contributed by atoms with E-state index < -0.39 is 17.8 Å². The van der Waals surface area contributed by atoms with E-state index in [0.717, 1.165) is 54.7 Å². The minimum Gasteiger partial charge on any atom is -0.352 e. The molecule has 3 rings (SSSR count). The highest BCUT2D eigenvalue weighted by Gasteiger charge is 2.48. The maximum atomic E-state index is 12.5. The first-order chi connectivity index (χ1) is 11.9. The standard InChI is InChI=1S/C18H27N3O4/c1-11-6-5-9-14(12(11)2)19-15(22)10-20-16(23)17(24)21(18(20)25)13-7-3-4-8-13/h11-14H,3-10H2,1-2H3,(H,19,22)/t11-,12+,14-/m0/s1. The zero-order valence-corrected chi connectivity index (χ0v) is 15.0. The second-order valence-electron chi connectivity index (χ2n) is 7.73. The van der Waals surface area contributed by atoms with Crippen LogP contribution in [0.5, 0.6) is 0 Å². The van der Waals surface area contributed by atoms with Crippen molar-refractivity contribution in [3.05, 3.63) is 0 Å². The second kappa shape index (κ2) is 7.14. The van der Waals surface area contributed by atoms with Crippen molar-refractivity contribution >= 4 is 23.8 Å². The van der Waals surface area contributed by atoms with Gasteiger partial charge < -0.3 is 5.32 Å². The zero-order chi connectivity index (χ0) is 18.1. The van der Waals surface area contributed by atoms with Crippen LogP contribution in [-0.4, -0.2) is 52.2 Å². The third-order valence-corrected chi connectivity index (χ3v) is 6.13. The molecule has 0 unspecified atom stereocenters. The molecule has 0 radical (unpaired) electrons. The number of hydrogen-bond donors (Lipinski definition) is 1. The van der Waals surface area contributed by atoms with Crippen molar-refractivity contribution in [2.45, 2.75) is 70.9 Å². The minimum atomic E-state index is -0.878. The van der Waals surface area contributed by atoms with Crippen LogP contribution in [0.2, 0.25) is 0 Å². The largest absolute Gasteiger partial charge is 0.352 e. The lowest BCUT2D eigenvalue weighted by Crippen LogP contribution is -2.48. The molecule has 2 saturated carbocycles. The van der Waals surface area contributed by atoms with Crippen molar-refractivity contribution in [2.24, 2.45) is 11.8 Å². The van der Waals surface area contributed by atoms with E-state index in [4.69, 9.17) is 0 Å². The van der Waals surface area contributed by atoms with E-state index in [1.54, 1.807) is 0 Å². The summed E-state index contributed by atoms with van der Waals surface area (Å²) in [6.07, 6.45) is 6.51. The Morgan fingerprint density at radius 3 is 2.36 bits per heavy atom. The van der Waals surface area contributed by atoms with Crippen LogP contribution in [0.3, 0.4) is 0 Å². The molecular formula is C18H27N3O4. The molecule has 7 heteroatoms. The smallest absolute Gasteiger partial charge is 0.334 e. The van der Waals surface area contributed by atoms with E-state index in [9.17, 15) is 19.2 Å². The molecule has 1 saturated heterocycles. The number of urea groups is 1. The number of imide groups is 2. The number of carbonyl (C=O) groups is 4. The summed E-state index contributed by atoms with van der Waals surface area (Å²) in [6, 6.07) is -0.774. The third-order valence-electron chi connectivity index (χ3n) is 6.13. The molecule has 25 heavy (non-hydrogen) atoms. The van der Waals surface area contributed by atoms with Crippen molar-refractivity contribution in [3.63, 3.8) is 0 Å². The Labute approximate surface area is 148 Å². The molecular weight excluding hydrogens is 322 g/mol. The van der Waals surface area contributed by atoms with Gasteiger partial charge in [0, 0.05) is 12.1 Å². The van der Waals surface area contributed by atoms with Crippen LogP contribution in [0.15, 0.2) is 0 Å². The summed E-state index contributed by atoms with van der Waals surface area (Å²) in [6.45, 7) is 3.92. The van der Waals surface area contributed by atoms with Crippen LogP contribution in [-0.2, 0) is 14.4 Å². The lowest BCUT2D eigenvalue weighted by atomic mass is 9.78. The second-order valence-corrected chi connectivity index (χ2v) is 7.73. The van der Waals surface area contributed by atoms with Gasteiger partial charge in [0.25, 0.3) is 0 Å². The van der Waals surface area contributed by atoms with Gasteiger partial charge in [0.1, 0.15) is 6.54 Å². The van der Waals surface area contributed by atoms with Gasteiger partial charge in [-0.25, -0.2) is 9.69 Å². The zero-order valence-electron chi connectivity index (χ0n) is 15.0. The van der Waals surface area contributed by atoms with Crippen LogP contribution in [0.4, 0.5) is 4.79 Å². The Morgan fingerprint density at radius 2 is 1.68 bits per heavy atom. The maximum Gasteiger partial charge on any atom is 0.334 e. The van der Waals surface area contributed by atoms with Gasteiger partial charge in [0.05, 0.1) is 0 Å². The highest BCUT2D eigenvalue weighted by Crippen LogP contribution is 2.30. The van der Waals surface area contributed by atoms with Gasteiger partial charge in [0.2, 0.25) is 5.91 Å². The summed E-state index contributed by atoms with van der Waals surface area (Å²) in [7, 11) is 0. The van der Waals surface area contributed by atoms with E-state index in [1.165, 1.54) is 0 Å². The molecule has 3 aliphatic rings. The normalized spacial score (nSPS) is 31.1. The fourth-order valence-electron chi connectivity index (χ4n) is 4.33. The highest BCUT2D eigenvalue weighted by atomic mass is 16.2. The van der Waals surface area contributed by atoms with Crippen molar-refractivity contribution in [1.82, 2.24) is 15.1 Å². The predicted molar refractivity (Wildman–Crippen MR) is 90.3 cm³/mol. The number of hydrogen-bond acceptors (Lipinski definition) is 4. The molecule has 0 aromatic carbocycles. The van der Waals surface area contributed by atoms with Crippen molar-refractivity contribution in [2.75, 3.05) is 6.54 Å². The van der Waals surface area contributed by atoms with Crippen molar-refractivity contribution in [1.29, 1.82) is 0 Å². The first-order valence-electron chi connectivity index (χ1n) is 9.38. The van der Waals surface area contributed by atoms with Crippen LogP contribution < -0.4 is 5.32 Å². The molecule has 0 aromatic heterocycles. The van der Waals surface area contributed by atoms with E-state index in [-0.39, 0.29) is 24.5 Å². The van der Waals surface area contributed by atoms with Crippen molar-refractivity contribution in [3.8, 4) is 0 Å². The number of carbonyl (C=O) groups excluding carboxylic acids is 4. The molecule has 3 atom stereocenters. The Hall–Kier alpha value is -1.92. The molecule has 5 amide bonds. The highest BCUT2D eigenvalue weighted by molar-refractivity contribution is 6.45. The summed E-state index contributed by atoms with van der Waals surface area (Å²) < 4.78 is 0. The molecule has 0 aromatic rings. The summed E-state index contributed by atoms with van der Waals surface area (Å²) in [5.74, 6) is -1.14. The molecule has 7 nitrogen and oxygen atoms in total. The van der Waals surface area contributed by atoms with Gasteiger partial charge >= 0.3 is 17.8 Å². The van der Waals surface area contributed by atoms with E-state index in [2.05, 4.69) is 19.2 Å². The topological polar surface area (TPSA) is 86.8 Å². The monoisotopic (exact) mass is 349 g/mol. The van der Waals surface area contributed by atoms with Gasteiger partial charge in [-0.3, -0.25) is 19.3 Å². The van der Waals surface area contributed by atoms with E-state index in [1.807, 2.05) is 0 Å². The Kier molecular flexibility index (Phi) is 5.11. The first-order valence-corrected chi connectivity index (χ1v) is 9.38. The van der Waals surface area contributed by atoms with Gasteiger partial charge in [-0.05, 0) is 31.1 Å². The number of nitrogens with one attached hydrogen (secondary N) is 1. The quantitative estimate of drug-likeness (QED) is 0.618. The molecule has 2 aliphatic carbocycles. The fourth-order valence-corrected chi connectivity index (χ4v) is 4.33. The van der Waals surface area contributed by atoms with Gasteiger partial charge in [0.15, 0.2) is 0 Å². The lowest BCUT2D eigenvalue weighted by molar-refractivity contribution is -0.144. The molecule has 3 fully saturated rings. The lowest BCUT2D eigenvalue weighted by Gasteiger charge is -2.34. The number of amides is 5. The average molecular weight is 349 g/mol. The Balaban J connectivity index is 1.61. The maximum absolute atomic E-state index is 12.5. The Morgan fingerprint density at radius 1 is 1.00 bits per heavy atom. The first kappa shape index (κ1) is 17.9. The van der Waals surface area contributed by atoms with E-state index >= 15 is 0 Å². The van der Waals surface area contributed by atoms with Crippen LogP contribution in [0.1, 0.15) is 58.8 Å². The summed E-state index contributed by atoms with van der Waals surface area (Å²) in [5.41, 5.74) is 0. The van der Waals surface area contributed by atoms with Crippen LogP contribution in [0, 0.1) is 11.8 Å². The molecule has 1 N–H and O–H groups in total. The van der Waals surface area contributed by atoms with Crippen LogP contribution >= 0.6 is 0 Å². The Bertz CT molecular complexity index is 585. The minimum absolute atomic E-state index is 0.0608. The van der Waals surface area contributed by atoms with Crippen molar-refractivity contribution < 1.29 is 19.2 Å². The third kappa shape index (κ3) is 3.41. The van der Waals surface area contributed by atoms with Gasteiger partial charge in [-0.1, -0.05) is 39.5 Å². The van der Waals surface area contributed by atoms with Crippen LogP contribution in [0.25, 0.3) is 0 Å². The fraction of sp³-hybridized carbons (Fsp3) is 0.778. The van der Waals surface area contributed by atoms with E-state index in [0.29, 0.717) is 11.8 Å². The average Bonchev–Trinajstić information content (AvgIpc) is 3.16. The molecule has 1 aliphatic heterocycles. The molecule has 138 valence electrons.